The smallest absolute Gasteiger partial charge is 0.416 e. The average Bonchev–Trinajstić information content (AvgIpc) is 3.01. The van der Waals surface area contributed by atoms with Crippen LogP contribution in [0.2, 0.25) is 0 Å². The number of methoxy groups -OCH3 is 1. The number of esters is 1. The van der Waals surface area contributed by atoms with Gasteiger partial charge in [0.05, 0.1) is 23.8 Å². The maximum Gasteiger partial charge on any atom is 0.416 e. The fourth-order valence-electron chi connectivity index (χ4n) is 3.92. The molecule has 2 aromatic carbocycles. The lowest BCUT2D eigenvalue weighted by atomic mass is 9.99. The van der Waals surface area contributed by atoms with Crippen molar-refractivity contribution < 1.29 is 22.7 Å². The number of aromatic nitrogens is 1. The van der Waals surface area contributed by atoms with E-state index in [9.17, 15) is 18.0 Å². The van der Waals surface area contributed by atoms with Crippen LogP contribution in [-0.2, 0) is 23.9 Å². The third-order valence-corrected chi connectivity index (χ3v) is 5.13. The molecule has 1 aromatic heterocycles. The molecule has 144 valence electrons. The minimum atomic E-state index is -4.42. The largest absolute Gasteiger partial charge is 0.465 e. The van der Waals surface area contributed by atoms with E-state index >= 15 is 0 Å². The van der Waals surface area contributed by atoms with Crippen LogP contribution in [0.15, 0.2) is 48.5 Å². The molecule has 3 aromatic rings. The number of ether oxygens (including phenoxy) is 1. The number of halogens is 3. The highest BCUT2D eigenvalue weighted by Gasteiger charge is 2.33. The van der Waals surface area contributed by atoms with Gasteiger partial charge in [-0.05, 0) is 36.6 Å². The van der Waals surface area contributed by atoms with Crippen molar-refractivity contribution in [3.8, 4) is 0 Å². The molecule has 0 unspecified atom stereocenters. The van der Waals surface area contributed by atoms with Crippen molar-refractivity contribution in [1.29, 1.82) is 0 Å². The minimum absolute atomic E-state index is 0.0833. The molecule has 4 rings (SSSR count). The van der Waals surface area contributed by atoms with Crippen molar-refractivity contribution in [2.45, 2.75) is 25.6 Å². The van der Waals surface area contributed by atoms with Crippen molar-refractivity contribution >= 4 is 22.9 Å². The molecule has 0 amide bonds. The fourth-order valence-corrected chi connectivity index (χ4v) is 3.92. The summed E-state index contributed by atoms with van der Waals surface area (Å²) in [6.07, 6.45) is 1.05. The summed E-state index contributed by atoms with van der Waals surface area (Å²) in [4.78, 5) is 12.3. The molecule has 1 aliphatic rings. The van der Waals surface area contributed by atoms with Gasteiger partial charge in [-0.3, -0.25) is 0 Å². The Hall–Kier alpha value is -3.02. The SMILES string of the molecule is COC(=O)c1cccc2c1c1c(n2Cc2ccccc2C(F)(F)F)CCC=C1. The molecule has 28 heavy (non-hydrogen) atoms. The number of fused-ring (bicyclic) bond motifs is 3. The second-order valence-electron chi connectivity index (χ2n) is 6.73. The van der Waals surface area contributed by atoms with Crippen LogP contribution in [0.3, 0.4) is 0 Å². The van der Waals surface area contributed by atoms with Gasteiger partial charge in [0.25, 0.3) is 0 Å². The number of carbonyl (C=O) groups is 1. The second kappa shape index (κ2) is 6.86. The zero-order valence-corrected chi connectivity index (χ0v) is 15.2. The summed E-state index contributed by atoms with van der Waals surface area (Å²) in [5.74, 6) is -0.458. The van der Waals surface area contributed by atoms with Gasteiger partial charge in [-0.25, -0.2) is 4.79 Å². The first kappa shape index (κ1) is 18.3. The average molecular weight is 385 g/mol. The molecule has 3 nitrogen and oxygen atoms in total. The Balaban J connectivity index is 1.95. The number of carbonyl (C=O) groups excluding carboxylic acids is 1. The molecule has 1 aliphatic carbocycles. The number of nitrogens with zero attached hydrogens (tertiary/aromatic N) is 1. The minimum Gasteiger partial charge on any atom is -0.465 e. The van der Waals surface area contributed by atoms with Gasteiger partial charge in [0.15, 0.2) is 0 Å². The fraction of sp³-hybridized carbons (Fsp3) is 0.227. The van der Waals surface area contributed by atoms with Gasteiger partial charge in [-0.15, -0.1) is 0 Å². The van der Waals surface area contributed by atoms with Crippen LogP contribution in [0, 0.1) is 0 Å². The summed E-state index contributed by atoms with van der Waals surface area (Å²) in [5, 5.41) is 0.727. The van der Waals surface area contributed by atoms with Crippen LogP contribution in [0.25, 0.3) is 17.0 Å². The lowest BCUT2D eigenvalue weighted by molar-refractivity contribution is -0.138. The third-order valence-electron chi connectivity index (χ3n) is 5.13. The maximum atomic E-state index is 13.5. The van der Waals surface area contributed by atoms with Crippen LogP contribution in [0.5, 0.6) is 0 Å². The monoisotopic (exact) mass is 385 g/mol. The van der Waals surface area contributed by atoms with E-state index in [1.807, 2.05) is 22.8 Å². The molecule has 0 radical (unpaired) electrons. The molecule has 0 saturated heterocycles. The van der Waals surface area contributed by atoms with Gasteiger partial charge in [0.2, 0.25) is 0 Å². The van der Waals surface area contributed by atoms with Gasteiger partial charge >= 0.3 is 12.1 Å². The van der Waals surface area contributed by atoms with Gasteiger partial charge < -0.3 is 9.30 Å². The predicted octanol–water partition coefficient (Wildman–Crippen LogP) is 5.45. The van der Waals surface area contributed by atoms with Gasteiger partial charge in [0, 0.05) is 23.2 Å². The Bertz CT molecular complexity index is 1090. The van der Waals surface area contributed by atoms with E-state index in [1.54, 1.807) is 18.2 Å². The van der Waals surface area contributed by atoms with E-state index in [0.29, 0.717) is 12.0 Å². The highest BCUT2D eigenvalue weighted by molar-refractivity contribution is 6.08. The number of rotatable bonds is 3. The Morgan fingerprint density at radius 1 is 1.14 bits per heavy atom. The first-order valence-corrected chi connectivity index (χ1v) is 8.96. The van der Waals surface area contributed by atoms with Crippen molar-refractivity contribution in [2.24, 2.45) is 0 Å². The second-order valence-corrected chi connectivity index (χ2v) is 6.73. The molecular weight excluding hydrogens is 367 g/mol. The number of hydrogen-bond donors (Lipinski definition) is 0. The quantitative estimate of drug-likeness (QED) is 0.561. The van der Waals surface area contributed by atoms with Crippen LogP contribution in [0.1, 0.15) is 39.2 Å². The molecule has 0 spiro atoms. The van der Waals surface area contributed by atoms with Gasteiger partial charge in [-0.2, -0.15) is 13.2 Å². The molecule has 0 fully saturated rings. The molecule has 0 saturated carbocycles. The third kappa shape index (κ3) is 2.99. The standard InChI is InChI=1S/C22H18F3NO2/c1-28-21(27)16-9-6-12-19-20(16)15-8-3-5-11-18(15)26(19)13-14-7-2-4-10-17(14)22(23,24)25/h2-4,6-10,12H,5,11,13H2,1H3. The molecular formula is C22H18F3NO2. The number of allylic oxidation sites excluding steroid dienone is 1. The topological polar surface area (TPSA) is 31.2 Å². The summed E-state index contributed by atoms with van der Waals surface area (Å²) in [6.45, 7) is 0.0833. The first-order valence-electron chi connectivity index (χ1n) is 8.96. The number of benzene rings is 2. The van der Waals surface area contributed by atoms with Crippen molar-refractivity contribution in [3.05, 3.63) is 76.5 Å². The number of alkyl halides is 3. The van der Waals surface area contributed by atoms with Crippen LogP contribution in [0.4, 0.5) is 13.2 Å². The van der Waals surface area contributed by atoms with Crippen molar-refractivity contribution in [2.75, 3.05) is 7.11 Å². The van der Waals surface area contributed by atoms with E-state index in [-0.39, 0.29) is 12.1 Å². The zero-order chi connectivity index (χ0) is 19.9. The van der Waals surface area contributed by atoms with E-state index in [1.165, 1.54) is 19.2 Å². The number of hydrogen-bond acceptors (Lipinski definition) is 2. The van der Waals surface area contributed by atoms with Crippen LogP contribution < -0.4 is 0 Å². The summed E-state index contributed by atoms with van der Waals surface area (Å²) in [7, 11) is 1.32. The summed E-state index contributed by atoms with van der Waals surface area (Å²) < 4.78 is 47.2. The highest BCUT2D eigenvalue weighted by atomic mass is 19.4. The summed E-state index contributed by atoms with van der Waals surface area (Å²) >= 11 is 0. The molecule has 0 N–H and O–H groups in total. The molecule has 0 aliphatic heterocycles. The maximum absolute atomic E-state index is 13.5. The van der Waals surface area contributed by atoms with E-state index in [2.05, 4.69) is 0 Å². The molecule has 0 bridgehead atoms. The molecule has 1 heterocycles. The lowest BCUT2D eigenvalue weighted by Crippen LogP contribution is -2.13. The summed E-state index contributed by atoms with van der Waals surface area (Å²) in [5.41, 5.74) is 2.54. The highest BCUT2D eigenvalue weighted by Crippen LogP contribution is 2.37. The first-order chi connectivity index (χ1) is 13.4. The Morgan fingerprint density at radius 2 is 1.93 bits per heavy atom. The molecule has 0 atom stereocenters. The Labute approximate surface area is 160 Å². The normalized spacial score (nSPS) is 13.6. The van der Waals surface area contributed by atoms with Crippen molar-refractivity contribution in [3.63, 3.8) is 0 Å². The predicted molar refractivity (Wildman–Crippen MR) is 101 cm³/mol. The van der Waals surface area contributed by atoms with Crippen LogP contribution in [-0.4, -0.2) is 17.6 Å². The Kier molecular flexibility index (Phi) is 4.49. The lowest BCUT2D eigenvalue weighted by Gasteiger charge is -2.17. The Morgan fingerprint density at radius 3 is 2.68 bits per heavy atom. The molecule has 6 heteroatoms. The van der Waals surface area contributed by atoms with E-state index in [0.717, 1.165) is 34.6 Å². The van der Waals surface area contributed by atoms with Gasteiger partial charge in [-0.1, -0.05) is 36.4 Å². The van der Waals surface area contributed by atoms with E-state index < -0.39 is 17.7 Å². The summed E-state index contributed by atoms with van der Waals surface area (Å²) in [6, 6.07) is 10.9. The van der Waals surface area contributed by atoms with Crippen molar-refractivity contribution in [1.82, 2.24) is 4.57 Å². The van der Waals surface area contributed by atoms with Gasteiger partial charge in [0.1, 0.15) is 0 Å². The van der Waals surface area contributed by atoms with Crippen LogP contribution >= 0.6 is 0 Å². The zero-order valence-electron chi connectivity index (χ0n) is 15.2. The van der Waals surface area contributed by atoms with E-state index in [4.69, 9.17) is 4.74 Å².